The summed E-state index contributed by atoms with van der Waals surface area (Å²) in [5.41, 5.74) is 14.9. The highest BCUT2D eigenvalue weighted by Crippen LogP contribution is 2.33. The summed E-state index contributed by atoms with van der Waals surface area (Å²) in [6.45, 7) is 18.9. The topological polar surface area (TPSA) is 440 Å². The van der Waals surface area contributed by atoms with Gasteiger partial charge in [-0.05, 0) is 63.6 Å². The van der Waals surface area contributed by atoms with E-state index in [1.165, 1.54) is 30.0 Å². The smallest absolute Gasteiger partial charge is 0.276 e. The Hall–Kier alpha value is -9.19. The number of aliphatic hydroxyl groups excluding tert-OH is 2. The number of nitrogens with zero attached hydrogens (tertiary/aromatic N) is 11. The van der Waals surface area contributed by atoms with E-state index in [4.69, 9.17) is 78.3 Å². The number of nitrogens with two attached hydrogens (primary N) is 2. The van der Waals surface area contributed by atoms with Crippen LogP contribution >= 0.6 is 0 Å². The first kappa shape index (κ1) is 84.4. The van der Waals surface area contributed by atoms with Crippen molar-refractivity contribution in [3.8, 4) is 11.5 Å². The molecule has 2 aliphatic heterocycles. The summed E-state index contributed by atoms with van der Waals surface area (Å²) in [4.78, 5) is 103. The van der Waals surface area contributed by atoms with Crippen LogP contribution in [0.5, 0.6) is 11.5 Å². The molecule has 2 aliphatic rings. The Bertz CT molecular complexity index is 3920. The summed E-state index contributed by atoms with van der Waals surface area (Å²) in [7, 11) is 1.43. The fraction of sp³-hybridized carbons (Fsp3) is 0.563. The highest BCUT2D eigenvalue weighted by atomic mass is 16.6. The molecular formula is C71H102N16O21. The van der Waals surface area contributed by atoms with Gasteiger partial charge in [-0.1, -0.05) is 12.2 Å². The number of aromatic nitrogens is 8. The molecular weight excluding hydrogens is 1410 g/mol. The van der Waals surface area contributed by atoms with Gasteiger partial charge in [-0.15, -0.1) is 0 Å². The number of allylic oxidation sites excluding steroid dienone is 2. The lowest BCUT2D eigenvalue weighted by Crippen LogP contribution is -2.47. The van der Waals surface area contributed by atoms with Crippen molar-refractivity contribution in [2.24, 2.45) is 11.5 Å². The molecule has 8 rings (SSSR count). The van der Waals surface area contributed by atoms with Crippen LogP contribution in [0.4, 0.5) is 11.9 Å². The summed E-state index contributed by atoms with van der Waals surface area (Å²) in [6.07, 6.45) is 5.34. The molecule has 1 atom stereocenters. The number of hydrogen-bond acceptors (Lipinski definition) is 27. The monoisotopic (exact) mass is 1510 g/mol. The average molecular weight is 1520 g/mol. The first-order chi connectivity index (χ1) is 52.4. The molecule has 0 bridgehead atoms. The minimum atomic E-state index is -1.18. The number of anilines is 2. The van der Waals surface area contributed by atoms with Gasteiger partial charge in [0.25, 0.3) is 23.6 Å². The number of aryl methyl sites for hydroxylation is 3. The minimum Gasteiger partial charge on any atom is -0.494 e. The third-order valence-corrected chi connectivity index (χ3v) is 16.8. The Labute approximate surface area is 624 Å². The molecule has 0 unspecified atom stereocenters. The van der Waals surface area contributed by atoms with Crippen molar-refractivity contribution < 1.29 is 101 Å². The second-order valence-corrected chi connectivity index (χ2v) is 24.7. The van der Waals surface area contributed by atoms with Crippen molar-refractivity contribution in [1.82, 2.24) is 58.7 Å². The number of primary amides is 2. The van der Waals surface area contributed by atoms with Gasteiger partial charge in [-0.3, -0.25) is 63.4 Å². The van der Waals surface area contributed by atoms with Gasteiger partial charge >= 0.3 is 0 Å². The number of hydrogen-bond donors (Lipinski definition) is 7. The molecule has 592 valence electrons. The number of imidazole rings is 2. The maximum atomic E-state index is 14.1. The van der Waals surface area contributed by atoms with Crippen molar-refractivity contribution in [3.05, 3.63) is 94.6 Å². The summed E-state index contributed by atoms with van der Waals surface area (Å²) in [6, 6.07) is 9.29. The predicted molar refractivity (Wildman–Crippen MR) is 391 cm³/mol. The molecule has 108 heavy (non-hydrogen) atoms. The van der Waals surface area contributed by atoms with E-state index in [-0.39, 0.29) is 85.9 Å². The molecule has 4 aromatic heterocycles. The van der Waals surface area contributed by atoms with Crippen LogP contribution in [0.3, 0.4) is 0 Å². The number of amides is 7. The zero-order chi connectivity index (χ0) is 77.0. The zero-order valence-electron chi connectivity index (χ0n) is 61.8. The summed E-state index contributed by atoms with van der Waals surface area (Å²) < 4.78 is 74.3. The van der Waals surface area contributed by atoms with Crippen LogP contribution in [-0.2, 0) is 87.9 Å². The lowest BCUT2D eigenvalue weighted by Gasteiger charge is -2.34. The third kappa shape index (κ3) is 26.9. The van der Waals surface area contributed by atoms with Crippen molar-refractivity contribution >= 4 is 75.3 Å². The Morgan fingerprint density at radius 2 is 0.954 bits per heavy atom. The van der Waals surface area contributed by atoms with Crippen molar-refractivity contribution in [2.75, 3.05) is 215 Å². The molecule has 37 nitrogen and oxygen atoms in total. The fourth-order valence-electron chi connectivity index (χ4n) is 11.4. The van der Waals surface area contributed by atoms with Gasteiger partial charge in [-0.25, -0.2) is 9.97 Å². The highest BCUT2D eigenvalue weighted by molar-refractivity contribution is 6.14. The van der Waals surface area contributed by atoms with Gasteiger partial charge in [0.1, 0.15) is 40.5 Å². The average Bonchev–Trinajstić information content (AvgIpc) is 1.62. The summed E-state index contributed by atoms with van der Waals surface area (Å²) in [5, 5.41) is 37.0. The number of aliphatic hydroxyl groups is 2. The number of nitrogens with one attached hydrogen (secondary N) is 3. The first-order valence-electron chi connectivity index (χ1n) is 36.0. The van der Waals surface area contributed by atoms with Crippen molar-refractivity contribution in [2.45, 2.75) is 59.5 Å². The van der Waals surface area contributed by atoms with Gasteiger partial charge in [0.15, 0.2) is 0 Å². The number of ether oxygens (including phenoxy) is 12. The third-order valence-electron chi connectivity index (χ3n) is 16.8. The predicted octanol–water partition coefficient (Wildman–Crippen LogP) is 0.330. The Balaban J connectivity index is 0.677. The van der Waals surface area contributed by atoms with Gasteiger partial charge < -0.3 is 97.9 Å². The van der Waals surface area contributed by atoms with Crippen LogP contribution in [-0.4, -0.2) is 316 Å². The van der Waals surface area contributed by atoms with Crippen molar-refractivity contribution in [3.63, 3.8) is 0 Å². The van der Waals surface area contributed by atoms with Crippen LogP contribution < -0.4 is 36.9 Å². The molecule has 0 radical (unpaired) electrons. The van der Waals surface area contributed by atoms with E-state index >= 15 is 0 Å². The molecule has 0 saturated carbocycles. The number of piperazine rings is 1. The van der Waals surface area contributed by atoms with Crippen molar-refractivity contribution in [1.29, 1.82) is 0 Å². The van der Waals surface area contributed by atoms with Crippen LogP contribution in [0.2, 0.25) is 0 Å². The standard InChI is InChI=1S/C71H102N16O21/c1-5-86-57(41-50(2)79-86)68(95)77-71-76-56-44-53(67(73)94)46-60(65(56)84(71)14-7-6-13-83-64-55(43-52(66(72)93)45-59(64)97-4)75-70(83)78-69(96)58-42-51(3)80-87(58)47-54(89)49-88)108-20-8-12-81-15-17-82(18-16-81)19-22-99-24-26-101-28-30-103-32-34-105-36-38-107-40-39-106-37-35-104-33-31-102-29-27-100-25-23-98-21-11-74-61(90)48-85-62(91)9-10-63(85)92/h6-7,9-10,41-46,54,88-89H,5,8,11-40,47-49H2,1-4H3,(H2,72,93)(H2,73,94)(H,74,90)(H,75,78,96)(H,76,77,95)/b7-6+/t54-/m1/s1. The fourth-order valence-corrected chi connectivity index (χ4v) is 11.4. The van der Waals surface area contributed by atoms with Crippen LogP contribution in [0, 0.1) is 13.8 Å². The lowest BCUT2D eigenvalue weighted by atomic mass is 10.1. The zero-order valence-corrected chi connectivity index (χ0v) is 61.8. The van der Waals surface area contributed by atoms with Crippen LogP contribution in [0.25, 0.3) is 22.1 Å². The molecule has 1 saturated heterocycles. The van der Waals surface area contributed by atoms with Crippen LogP contribution in [0.1, 0.15) is 66.4 Å². The highest BCUT2D eigenvalue weighted by Gasteiger charge is 2.28. The van der Waals surface area contributed by atoms with E-state index in [1.807, 2.05) is 13.0 Å². The van der Waals surface area contributed by atoms with E-state index in [9.17, 15) is 43.8 Å². The molecule has 6 heterocycles. The Morgan fingerprint density at radius 3 is 1.39 bits per heavy atom. The number of fused-ring (bicyclic) bond motifs is 2. The molecule has 0 spiro atoms. The molecule has 0 aliphatic carbocycles. The first-order valence-corrected chi connectivity index (χ1v) is 36.0. The summed E-state index contributed by atoms with van der Waals surface area (Å²) in [5.74, 6) is -3.20. The normalized spacial score (nSPS) is 13.8. The number of benzene rings is 2. The Morgan fingerprint density at radius 1 is 0.546 bits per heavy atom. The van der Waals surface area contributed by atoms with Gasteiger partial charge in [-0.2, -0.15) is 10.2 Å². The largest absolute Gasteiger partial charge is 0.494 e. The second-order valence-electron chi connectivity index (χ2n) is 24.7. The molecule has 7 amide bonds. The van der Waals surface area contributed by atoms with Gasteiger partial charge in [0.2, 0.25) is 29.6 Å². The van der Waals surface area contributed by atoms with E-state index in [2.05, 4.69) is 35.9 Å². The van der Waals surface area contributed by atoms with E-state index < -0.39 is 54.1 Å². The van der Waals surface area contributed by atoms with Crippen LogP contribution in [0.15, 0.2) is 60.7 Å². The minimum absolute atomic E-state index is 0.0648. The van der Waals surface area contributed by atoms with E-state index in [0.29, 0.717) is 178 Å². The number of imide groups is 1. The van der Waals surface area contributed by atoms with Gasteiger partial charge in [0.05, 0.1) is 188 Å². The second kappa shape index (κ2) is 45.6. The number of carbonyl (C=O) groups excluding carboxylic acids is 7. The lowest BCUT2D eigenvalue weighted by molar-refractivity contribution is -0.141. The summed E-state index contributed by atoms with van der Waals surface area (Å²) >= 11 is 0. The number of rotatable bonds is 55. The quantitative estimate of drug-likeness (QED) is 0.0154. The molecule has 37 heteroatoms. The van der Waals surface area contributed by atoms with E-state index in [0.717, 1.165) is 56.3 Å². The Kier molecular flexibility index (Phi) is 35.6. The molecule has 2 aromatic carbocycles. The number of methoxy groups -OCH3 is 1. The van der Waals surface area contributed by atoms with Gasteiger partial charge in [0, 0.05) is 88.7 Å². The molecule has 9 N–H and O–H groups in total. The van der Waals surface area contributed by atoms with E-state index in [1.54, 1.807) is 51.9 Å². The maximum Gasteiger partial charge on any atom is 0.276 e. The molecule has 1 fully saturated rings. The number of carbonyl (C=O) groups is 7. The SMILES string of the molecule is CCn1nc(C)cc1C(=O)Nc1nc2cc(C(N)=O)cc(OCCCN3CCN(CCOCCOCCOCCOCCOCCOCCOCCOCCOCCOCCNC(=O)CN4C(=O)C=CC4=O)CC3)c2n1C/C=C/Cn1c(NC(=O)c2cc(C)nn2C[C@@H](O)CO)nc2cc(C(N)=O)cc(OC)c21. The maximum absolute atomic E-state index is 14.1. The molecule has 6 aromatic rings.